The lowest BCUT2D eigenvalue weighted by molar-refractivity contribution is 0.0408. The molecule has 0 spiro atoms. The molecule has 1 atom stereocenters. The van der Waals surface area contributed by atoms with Crippen LogP contribution in [0.4, 0.5) is 0 Å². The summed E-state index contributed by atoms with van der Waals surface area (Å²) >= 11 is 0. The Morgan fingerprint density at radius 1 is 1.36 bits per heavy atom. The molecule has 0 amide bonds. The Bertz CT molecular complexity index is 190. The maximum absolute atomic E-state index is 9.18. The first kappa shape index (κ1) is 11.5. The minimum Gasteiger partial charge on any atom is -0.381 e. The van der Waals surface area contributed by atoms with E-state index < -0.39 is 0 Å². The van der Waals surface area contributed by atoms with Gasteiger partial charge in [-0.1, -0.05) is 13.8 Å². The average Bonchev–Trinajstić information content (AvgIpc) is 2.27. The fourth-order valence-electron chi connectivity index (χ4n) is 2.13. The van der Waals surface area contributed by atoms with Gasteiger partial charge in [-0.05, 0) is 31.8 Å². The molecule has 1 aliphatic heterocycles. The SMILES string of the molecule is CCN(CC)C(C#N)C1CCOCC1. The fourth-order valence-corrected chi connectivity index (χ4v) is 2.13. The fraction of sp³-hybridized carbons (Fsp3) is 0.909. The Balaban J connectivity index is 2.55. The Hall–Kier alpha value is -0.590. The number of nitrogens with zero attached hydrogens (tertiary/aromatic N) is 2. The van der Waals surface area contributed by atoms with Crippen molar-refractivity contribution in [1.29, 1.82) is 5.26 Å². The quantitative estimate of drug-likeness (QED) is 0.686. The van der Waals surface area contributed by atoms with Gasteiger partial charge >= 0.3 is 0 Å². The molecule has 0 aromatic heterocycles. The summed E-state index contributed by atoms with van der Waals surface area (Å²) in [5.74, 6) is 0.508. The van der Waals surface area contributed by atoms with Gasteiger partial charge in [0, 0.05) is 13.2 Å². The molecule has 0 aromatic carbocycles. The largest absolute Gasteiger partial charge is 0.381 e. The first-order valence-corrected chi connectivity index (χ1v) is 5.54. The molecule has 1 aliphatic rings. The van der Waals surface area contributed by atoms with Crippen molar-refractivity contribution in [2.24, 2.45) is 5.92 Å². The van der Waals surface area contributed by atoms with Crippen LogP contribution in [0.5, 0.6) is 0 Å². The lowest BCUT2D eigenvalue weighted by Crippen LogP contribution is -2.41. The molecule has 1 rings (SSSR count). The molecular formula is C11H20N2O. The van der Waals surface area contributed by atoms with Crippen LogP contribution in [0.1, 0.15) is 26.7 Å². The van der Waals surface area contributed by atoms with E-state index >= 15 is 0 Å². The number of nitriles is 1. The summed E-state index contributed by atoms with van der Waals surface area (Å²) in [7, 11) is 0. The maximum atomic E-state index is 9.18. The van der Waals surface area contributed by atoms with E-state index in [2.05, 4.69) is 24.8 Å². The van der Waals surface area contributed by atoms with E-state index in [0.29, 0.717) is 5.92 Å². The van der Waals surface area contributed by atoms with Gasteiger partial charge < -0.3 is 4.74 Å². The molecule has 3 heteroatoms. The third-order valence-corrected chi connectivity index (χ3v) is 3.05. The lowest BCUT2D eigenvalue weighted by Gasteiger charge is -2.33. The van der Waals surface area contributed by atoms with Crippen molar-refractivity contribution >= 4 is 0 Å². The Labute approximate surface area is 86.6 Å². The molecule has 0 radical (unpaired) electrons. The summed E-state index contributed by atoms with van der Waals surface area (Å²) < 4.78 is 5.31. The summed E-state index contributed by atoms with van der Waals surface area (Å²) in [5.41, 5.74) is 0. The van der Waals surface area contributed by atoms with Crippen molar-refractivity contribution in [1.82, 2.24) is 4.90 Å². The van der Waals surface area contributed by atoms with Gasteiger partial charge in [-0.3, -0.25) is 4.90 Å². The topological polar surface area (TPSA) is 36.3 Å². The van der Waals surface area contributed by atoms with Gasteiger partial charge in [0.05, 0.1) is 6.07 Å². The highest BCUT2D eigenvalue weighted by molar-refractivity contribution is 4.96. The molecule has 1 fully saturated rings. The number of hydrogen-bond donors (Lipinski definition) is 0. The van der Waals surface area contributed by atoms with Crippen LogP contribution in [0.3, 0.4) is 0 Å². The van der Waals surface area contributed by atoms with E-state index in [-0.39, 0.29) is 6.04 Å². The van der Waals surface area contributed by atoms with Crippen molar-refractivity contribution in [3.8, 4) is 6.07 Å². The molecule has 0 saturated carbocycles. The van der Waals surface area contributed by atoms with E-state index in [1.165, 1.54) is 0 Å². The molecule has 1 saturated heterocycles. The zero-order valence-corrected chi connectivity index (χ0v) is 9.20. The molecule has 1 heterocycles. The highest BCUT2D eigenvalue weighted by atomic mass is 16.5. The summed E-state index contributed by atoms with van der Waals surface area (Å²) in [6, 6.07) is 2.54. The summed E-state index contributed by atoms with van der Waals surface area (Å²) in [5, 5.41) is 9.18. The van der Waals surface area contributed by atoms with Gasteiger partial charge in [0.25, 0.3) is 0 Å². The van der Waals surface area contributed by atoms with Crippen LogP contribution in [0, 0.1) is 17.2 Å². The molecule has 14 heavy (non-hydrogen) atoms. The van der Waals surface area contributed by atoms with Gasteiger partial charge in [-0.15, -0.1) is 0 Å². The van der Waals surface area contributed by atoms with Crippen LogP contribution in [0.25, 0.3) is 0 Å². The predicted octanol–water partition coefficient (Wildman–Crippen LogP) is 1.65. The van der Waals surface area contributed by atoms with E-state index in [1.54, 1.807) is 0 Å². The van der Waals surface area contributed by atoms with Crippen molar-refractivity contribution in [2.75, 3.05) is 26.3 Å². The number of hydrogen-bond acceptors (Lipinski definition) is 3. The second kappa shape index (κ2) is 6.00. The number of ether oxygens (including phenoxy) is 1. The zero-order valence-electron chi connectivity index (χ0n) is 9.20. The summed E-state index contributed by atoms with van der Waals surface area (Å²) in [6.07, 6.45) is 2.07. The van der Waals surface area contributed by atoms with Crippen LogP contribution in [-0.4, -0.2) is 37.2 Å². The normalized spacial score (nSPS) is 20.7. The summed E-state index contributed by atoms with van der Waals surface area (Å²) in [4.78, 5) is 2.25. The van der Waals surface area contributed by atoms with Crippen LogP contribution in [0.15, 0.2) is 0 Å². The van der Waals surface area contributed by atoms with Gasteiger partial charge in [0.15, 0.2) is 0 Å². The Kier molecular flexibility index (Phi) is 4.92. The molecule has 80 valence electrons. The Morgan fingerprint density at radius 3 is 2.36 bits per heavy atom. The monoisotopic (exact) mass is 196 g/mol. The van der Waals surface area contributed by atoms with E-state index in [9.17, 15) is 5.26 Å². The molecule has 0 aromatic rings. The van der Waals surface area contributed by atoms with Gasteiger partial charge in [-0.2, -0.15) is 5.26 Å². The van der Waals surface area contributed by atoms with Gasteiger partial charge in [0.2, 0.25) is 0 Å². The predicted molar refractivity (Wildman–Crippen MR) is 55.9 cm³/mol. The molecule has 0 aliphatic carbocycles. The lowest BCUT2D eigenvalue weighted by atomic mass is 9.91. The molecular weight excluding hydrogens is 176 g/mol. The van der Waals surface area contributed by atoms with Crippen LogP contribution >= 0.6 is 0 Å². The minimum absolute atomic E-state index is 0.0916. The highest BCUT2D eigenvalue weighted by Crippen LogP contribution is 2.22. The van der Waals surface area contributed by atoms with Gasteiger partial charge in [0.1, 0.15) is 6.04 Å². The van der Waals surface area contributed by atoms with Crippen molar-refractivity contribution in [3.05, 3.63) is 0 Å². The molecule has 3 nitrogen and oxygen atoms in total. The minimum atomic E-state index is 0.0916. The van der Waals surface area contributed by atoms with Crippen LogP contribution < -0.4 is 0 Å². The molecule has 0 N–H and O–H groups in total. The van der Waals surface area contributed by atoms with Crippen molar-refractivity contribution in [2.45, 2.75) is 32.7 Å². The third kappa shape index (κ3) is 2.70. The highest BCUT2D eigenvalue weighted by Gasteiger charge is 2.27. The molecule has 0 bridgehead atoms. The first-order chi connectivity index (χ1) is 6.83. The zero-order chi connectivity index (χ0) is 10.4. The van der Waals surface area contributed by atoms with Gasteiger partial charge in [-0.25, -0.2) is 0 Å². The van der Waals surface area contributed by atoms with Crippen molar-refractivity contribution < 1.29 is 4.74 Å². The maximum Gasteiger partial charge on any atom is 0.101 e. The molecule has 1 unspecified atom stereocenters. The summed E-state index contributed by atoms with van der Waals surface area (Å²) in [6.45, 7) is 7.81. The van der Waals surface area contributed by atoms with E-state index in [4.69, 9.17) is 4.74 Å². The van der Waals surface area contributed by atoms with Crippen LogP contribution in [0.2, 0.25) is 0 Å². The smallest absolute Gasteiger partial charge is 0.101 e. The van der Waals surface area contributed by atoms with Crippen LogP contribution in [-0.2, 0) is 4.74 Å². The van der Waals surface area contributed by atoms with E-state index in [0.717, 1.165) is 39.1 Å². The Morgan fingerprint density at radius 2 is 1.93 bits per heavy atom. The average molecular weight is 196 g/mol. The third-order valence-electron chi connectivity index (χ3n) is 3.05. The second-order valence-electron chi connectivity index (χ2n) is 3.74. The van der Waals surface area contributed by atoms with E-state index in [1.807, 2.05) is 0 Å². The standard InChI is InChI=1S/C11H20N2O/c1-3-13(4-2)11(9-12)10-5-7-14-8-6-10/h10-11H,3-8H2,1-2H3. The second-order valence-corrected chi connectivity index (χ2v) is 3.74. The number of rotatable bonds is 4. The first-order valence-electron chi connectivity index (χ1n) is 5.54. The van der Waals surface area contributed by atoms with Crippen molar-refractivity contribution in [3.63, 3.8) is 0 Å².